The Morgan fingerprint density at radius 2 is 2.06 bits per heavy atom. The summed E-state index contributed by atoms with van der Waals surface area (Å²) in [5.74, 6) is -1.75. The number of nitrogens with zero attached hydrogens (tertiary/aromatic N) is 2. The van der Waals surface area contributed by atoms with Crippen molar-refractivity contribution in [3.63, 3.8) is 0 Å². The molecule has 2 rings (SSSR count). The average Bonchev–Trinajstić information content (AvgIpc) is 2.64. The van der Waals surface area contributed by atoms with Gasteiger partial charge in [-0.1, -0.05) is 12.1 Å². The molecule has 18 heavy (non-hydrogen) atoms. The lowest BCUT2D eigenvalue weighted by Crippen LogP contribution is -2.19. The second-order valence-electron chi connectivity index (χ2n) is 4.32. The average molecular weight is 251 g/mol. The van der Waals surface area contributed by atoms with E-state index in [2.05, 4.69) is 4.98 Å². The summed E-state index contributed by atoms with van der Waals surface area (Å²) in [6, 6.07) is 3.44. The van der Waals surface area contributed by atoms with Crippen LogP contribution in [-0.2, 0) is 6.54 Å². The van der Waals surface area contributed by atoms with Crippen LogP contribution in [0.4, 0.5) is 8.78 Å². The fourth-order valence-electron chi connectivity index (χ4n) is 1.85. The van der Waals surface area contributed by atoms with Gasteiger partial charge in [-0.25, -0.2) is 13.8 Å². The minimum atomic E-state index is -0.875. The molecule has 3 nitrogen and oxygen atoms in total. The maximum absolute atomic E-state index is 13.6. The van der Waals surface area contributed by atoms with Crippen LogP contribution in [0.5, 0.6) is 0 Å². The molecule has 0 saturated heterocycles. The van der Waals surface area contributed by atoms with Crippen molar-refractivity contribution >= 4 is 0 Å². The Morgan fingerprint density at radius 3 is 2.67 bits per heavy atom. The standard InChI is InChI=1S/C13H15F2N3/c1-8-9(2)18(7-17-8)6-12(16)10-4-3-5-11(14)13(10)15/h3-5,7,12H,6,16H2,1-2H3. The molecule has 0 fully saturated rings. The Balaban J connectivity index is 2.25. The van der Waals surface area contributed by atoms with Crippen LogP contribution in [0.15, 0.2) is 24.5 Å². The molecule has 5 heteroatoms. The third-order valence-corrected chi connectivity index (χ3v) is 3.12. The van der Waals surface area contributed by atoms with Gasteiger partial charge in [-0.2, -0.15) is 0 Å². The third kappa shape index (κ3) is 2.26. The fraction of sp³-hybridized carbons (Fsp3) is 0.308. The van der Waals surface area contributed by atoms with Gasteiger partial charge in [0.25, 0.3) is 0 Å². The summed E-state index contributed by atoms with van der Waals surface area (Å²) in [5.41, 5.74) is 7.98. The predicted molar refractivity (Wildman–Crippen MR) is 65.0 cm³/mol. The van der Waals surface area contributed by atoms with E-state index >= 15 is 0 Å². The molecule has 0 saturated carbocycles. The molecule has 1 unspecified atom stereocenters. The molecule has 2 N–H and O–H groups in total. The summed E-state index contributed by atoms with van der Waals surface area (Å²) in [6.45, 7) is 4.17. The Labute approximate surface area is 104 Å². The Kier molecular flexibility index (Phi) is 3.43. The number of benzene rings is 1. The summed E-state index contributed by atoms with van der Waals surface area (Å²) in [7, 11) is 0. The van der Waals surface area contributed by atoms with E-state index in [1.165, 1.54) is 12.1 Å². The molecule has 0 bridgehead atoms. The number of hydrogen-bond donors (Lipinski definition) is 1. The van der Waals surface area contributed by atoms with Crippen molar-refractivity contribution in [1.29, 1.82) is 0 Å². The van der Waals surface area contributed by atoms with Crippen molar-refractivity contribution < 1.29 is 8.78 Å². The van der Waals surface area contributed by atoms with Gasteiger partial charge >= 0.3 is 0 Å². The fourth-order valence-corrected chi connectivity index (χ4v) is 1.85. The zero-order chi connectivity index (χ0) is 13.3. The smallest absolute Gasteiger partial charge is 0.163 e. The summed E-state index contributed by atoms with van der Waals surface area (Å²) < 4.78 is 28.5. The first-order valence-corrected chi connectivity index (χ1v) is 5.68. The van der Waals surface area contributed by atoms with E-state index in [4.69, 9.17) is 5.73 Å². The lowest BCUT2D eigenvalue weighted by Gasteiger charge is -2.15. The highest BCUT2D eigenvalue weighted by atomic mass is 19.2. The van der Waals surface area contributed by atoms with Crippen molar-refractivity contribution in [3.05, 3.63) is 53.1 Å². The van der Waals surface area contributed by atoms with Crippen LogP contribution in [0.3, 0.4) is 0 Å². The normalized spacial score (nSPS) is 12.7. The Hall–Kier alpha value is -1.75. The van der Waals surface area contributed by atoms with Crippen molar-refractivity contribution in [2.45, 2.75) is 26.4 Å². The second kappa shape index (κ2) is 4.86. The van der Waals surface area contributed by atoms with E-state index in [1.54, 1.807) is 6.33 Å². The monoisotopic (exact) mass is 251 g/mol. The minimum Gasteiger partial charge on any atom is -0.333 e. The molecule has 0 radical (unpaired) electrons. The van der Waals surface area contributed by atoms with Gasteiger partial charge in [0.1, 0.15) is 0 Å². The van der Waals surface area contributed by atoms with Crippen molar-refractivity contribution in [1.82, 2.24) is 9.55 Å². The van der Waals surface area contributed by atoms with Crippen molar-refractivity contribution in [3.8, 4) is 0 Å². The molecule has 1 aromatic heterocycles. The van der Waals surface area contributed by atoms with Crippen LogP contribution in [0.2, 0.25) is 0 Å². The summed E-state index contributed by atoms with van der Waals surface area (Å²) in [4.78, 5) is 4.14. The van der Waals surface area contributed by atoms with E-state index in [0.29, 0.717) is 6.54 Å². The van der Waals surface area contributed by atoms with E-state index in [0.717, 1.165) is 17.5 Å². The minimum absolute atomic E-state index is 0.181. The first kappa shape index (κ1) is 12.7. The van der Waals surface area contributed by atoms with E-state index in [1.807, 2.05) is 18.4 Å². The topological polar surface area (TPSA) is 43.8 Å². The lowest BCUT2D eigenvalue weighted by molar-refractivity contribution is 0.473. The quantitative estimate of drug-likeness (QED) is 0.910. The molecule has 0 aliphatic carbocycles. The van der Waals surface area contributed by atoms with Crippen LogP contribution >= 0.6 is 0 Å². The molecule has 0 amide bonds. The highest BCUT2D eigenvalue weighted by Gasteiger charge is 2.16. The zero-order valence-electron chi connectivity index (χ0n) is 10.3. The van der Waals surface area contributed by atoms with Gasteiger partial charge in [0, 0.05) is 17.8 Å². The molecule has 1 atom stereocenters. The van der Waals surface area contributed by atoms with Crippen molar-refractivity contribution in [2.24, 2.45) is 5.73 Å². The Morgan fingerprint density at radius 1 is 1.33 bits per heavy atom. The van der Waals surface area contributed by atoms with E-state index < -0.39 is 17.7 Å². The largest absolute Gasteiger partial charge is 0.333 e. The number of halogens is 2. The van der Waals surface area contributed by atoms with Gasteiger partial charge in [-0.15, -0.1) is 0 Å². The van der Waals surface area contributed by atoms with Gasteiger partial charge < -0.3 is 10.3 Å². The molecule has 0 aliphatic rings. The number of imidazole rings is 1. The van der Waals surface area contributed by atoms with Crippen molar-refractivity contribution in [2.75, 3.05) is 0 Å². The first-order chi connectivity index (χ1) is 8.50. The van der Waals surface area contributed by atoms with Gasteiger partial charge in [0.15, 0.2) is 11.6 Å². The maximum Gasteiger partial charge on any atom is 0.163 e. The zero-order valence-corrected chi connectivity index (χ0v) is 10.3. The summed E-state index contributed by atoms with van der Waals surface area (Å²) >= 11 is 0. The molecule has 96 valence electrons. The number of aryl methyl sites for hydroxylation is 1. The SMILES string of the molecule is Cc1ncn(CC(N)c2cccc(F)c2F)c1C. The number of rotatable bonds is 3. The Bertz CT molecular complexity index is 563. The predicted octanol–water partition coefficient (Wildman–Crippen LogP) is 2.48. The van der Waals surface area contributed by atoms with Gasteiger partial charge in [-0.3, -0.25) is 0 Å². The maximum atomic E-state index is 13.6. The van der Waals surface area contributed by atoms with Crippen LogP contribution in [0.1, 0.15) is 23.0 Å². The van der Waals surface area contributed by atoms with Gasteiger partial charge in [0.2, 0.25) is 0 Å². The summed E-state index contributed by atoms with van der Waals surface area (Å²) in [6.07, 6.45) is 1.65. The van der Waals surface area contributed by atoms with E-state index in [9.17, 15) is 8.78 Å². The molecule has 0 spiro atoms. The van der Waals surface area contributed by atoms with E-state index in [-0.39, 0.29) is 5.56 Å². The molecule has 2 aromatic rings. The van der Waals surface area contributed by atoms with Crippen LogP contribution in [-0.4, -0.2) is 9.55 Å². The summed E-state index contributed by atoms with van der Waals surface area (Å²) in [5, 5.41) is 0. The van der Waals surface area contributed by atoms with Gasteiger partial charge in [0.05, 0.1) is 18.1 Å². The second-order valence-corrected chi connectivity index (χ2v) is 4.32. The highest BCUT2D eigenvalue weighted by molar-refractivity contribution is 5.22. The number of aromatic nitrogens is 2. The van der Waals surface area contributed by atoms with Crippen LogP contribution in [0, 0.1) is 25.5 Å². The lowest BCUT2D eigenvalue weighted by atomic mass is 10.1. The third-order valence-electron chi connectivity index (χ3n) is 3.12. The van der Waals surface area contributed by atoms with Gasteiger partial charge in [-0.05, 0) is 19.9 Å². The van der Waals surface area contributed by atoms with Crippen LogP contribution in [0.25, 0.3) is 0 Å². The number of nitrogens with two attached hydrogens (primary N) is 1. The van der Waals surface area contributed by atoms with Crippen LogP contribution < -0.4 is 5.73 Å². The highest BCUT2D eigenvalue weighted by Crippen LogP contribution is 2.19. The molecule has 0 aliphatic heterocycles. The first-order valence-electron chi connectivity index (χ1n) is 5.68. The number of hydrogen-bond acceptors (Lipinski definition) is 2. The molecule has 1 aromatic carbocycles. The molecule has 1 heterocycles. The molecular weight excluding hydrogens is 236 g/mol. The molecular formula is C13H15F2N3.